The third kappa shape index (κ3) is 4.64. The maximum Gasteiger partial charge on any atom is 0.416 e. The van der Waals surface area contributed by atoms with Crippen LogP contribution < -0.4 is 4.74 Å². The summed E-state index contributed by atoms with van der Waals surface area (Å²) in [7, 11) is 0. The van der Waals surface area contributed by atoms with E-state index in [0.29, 0.717) is 28.1 Å². The third-order valence-corrected chi connectivity index (χ3v) is 4.73. The minimum absolute atomic E-state index is 0.248. The fourth-order valence-corrected chi connectivity index (χ4v) is 3.00. The zero-order valence-electron chi connectivity index (χ0n) is 16.7. The zero-order chi connectivity index (χ0) is 22.2. The molecule has 8 heteroatoms. The van der Waals surface area contributed by atoms with Crippen molar-refractivity contribution in [1.29, 1.82) is 0 Å². The Hall–Kier alpha value is -3.52. The molecule has 158 valence electrons. The van der Waals surface area contributed by atoms with Crippen LogP contribution in [0.25, 0.3) is 22.2 Å². The molecule has 0 saturated heterocycles. The van der Waals surface area contributed by atoms with Gasteiger partial charge in [0.1, 0.15) is 12.1 Å². The predicted molar refractivity (Wildman–Crippen MR) is 110 cm³/mol. The number of hydrogen-bond donors (Lipinski definition) is 1. The molecular weight excluding hydrogens is 407 g/mol. The van der Waals surface area contributed by atoms with Crippen LogP contribution in [-0.2, 0) is 11.8 Å². The first-order chi connectivity index (χ1) is 14.6. The van der Waals surface area contributed by atoms with Crippen molar-refractivity contribution in [3.05, 3.63) is 78.2 Å². The van der Waals surface area contributed by atoms with Gasteiger partial charge in [0.15, 0.2) is 0 Å². The summed E-state index contributed by atoms with van der Waals surface area (Å²) in [5.74, 6) is 0.741. The number of pyridine rings is 1. The lowest BCUT2D eigenvalue weighted by Gasteiger charge is -2.17. The molecule has 2 aromatic carbocycles. The molecule has 0 fully saturated rings. The summed E-state index contributed by atoms with van der Waals surface area (Å²) in [6.45, 7) is 3.38. The Labute approximate surface area is 176 Å². The first kappa shape index (κ1) is 20.7. The van der Waals surface area contributed by atoms with Crippen molar-refractivity contribution >= 4 is 10.9 Å². The van der Waals surface area contributed by atoms with Gasteiger partial charge in [-0.05, 0) is 44.2 Å². The molecule has 1 N–H and O–H groups in total. The smallest absolute Gasteiger partial charge is 0.416 e. The average molecular weight is 425 g/mol. The van der Waals surface area contributed by atoms with Crippen LogP contribution in [0.15, 0.2) is 67.1 Å². The molecule has 0 aliphatic rings. The molecule has 0 aliphatic carbocycles. The third-order valence-electron chi connectivity index (χ3n) is 4.73. The second-order valence-electron chi connectivity index (χ2n) is 7.56. The number of ether oxygens (including phenoxy) is 1. The van der Waals surface area contributed by atoms with Crippen molar-refractivity contribution in [2.75, 3.05) is 0 Å². The zero-order valence-corrected chi connectivity index (χ0v) is 16.7. The molecular formula is C23H18F3N3O2. The van der Waals surface area contributed by atoms with Crippen LogP contribution in [-0.4, -0.2) is 20.1 Å². The van der Waals surface area contributed by atoms with E-state index in [2.05, 4.69) is 15.0 Å². The van der Waals surface area contributed by atoms with Gasteiger partial charge in [-0.25, -0.2) is 9.97 Å². The van der Waals surface area contributed by atoms with Gasteiger partial charge in [-0.3, -0.25) is 4.98 Å². The van der Waals surface area contributed by atoms with Crippen molar-refractivity contribution in [1.82, 2.24) is 15.0 Å². The van der Waals surface area contributed by atoms with E-state index in [0.717, 1.165) is 17.5 Å². The fraction of sp³-hybridized carbons (Fsp3) is 0.174. The normalized spacial score (nSPS) is 12.2. The Morgan fingerprint density at radius 2 is 1.58 bits per heavy atom. The summed E-state index contributed by atoms with van der Waals surface area (Å²) in [4.78, 5) is 12.6. The minimum atomic E-state index is -4.39. The summed E-state index contributed by atoms with van der Waals surface area (Å²) >= 11 is 0. The largest absolute Gasteiger partial charge is 0.439 e. The fourth-order valence-electron chi connectivity index (χ4n) is 3.00. The van der Waals surface area contributed by atoms with E-state index >= 15 is 0 Å². The summed E-state index contributed by atoms with van der Waals surface area (Å²) in [5.41, 5.74) is 0.616. The van der Waals surface area contributed by atoms with Crippen molar-refractivity contribution in [3.8, 4) is 22.9 Å². The topological polar surface area (TPSA) is 68.1 Å². The van der Waals surface area contributed by atoms with Crippen LogP contribution in [0.2, 0.25) is 0 Å². The van der Waals surface area contributed by atoms with Crippen molar-refractivity contribution in [2.45, 2.75) is 25.6 Å². The van der Waals surface area contributed by atoms with Gasteiger partial charge in [0.25, 0.3) is 0 Å². The van der Waals surface area contributed by atoms with Crippen LogP contribution in [0.4, 0.5) is 13.2 Å². The van der Waals surface area contributed by atoms with E-state index < -0.39 is 17.3 Å². The van der Waals surface area contributed by atoms with E-state index in [9.17, 15) is 18.3 Å². The van der Waals surface area contributed by atoms with E-state index in [4.69, 9.17) is 4.74 Å². The number of nitrogens with zero attached hydrogens (tertiary/aromatic N) is 3. The molecule has 31 heavy (non-hydrogen) atoms. The van der Waals surface area contributed by atoms with Crippen molar-refractivity contribution in [3.63, 3.8) is 0 Å². The summed E-state index contributed by atoms with van der Waals surface area (Å²) in [6.07, 6.45) is -1.49. The highest BCUT2D eigenvalue weighted by molar-refractivity contribution is 5.80. The number of alkyl halides is 3. The first-order valence-electron chi connectivity index (χ1n) is 9.40. The monoisotopic (exact) mass is 425 g/mol. The van der Waals surface area contributed by atoms with Gasteiger partial charge >= 0.3 is 6.18 Å². The van der Waals surface area contributed by atoms with E-state index in [-0.39, 0.29) is 5.88 Å². The molecule has 0 amide bonds. The van der Waals surface area contributed by atoms with Gasteiger partial charge in [0.2, 0.25) is 5.88 Å². The van der Waals surface area contributed by atoms with Gasteiger partial charge in [0, 0.05) is 34.8 Å². The Kier molecular flexibility index (Phi) is 5.10. The number of hydrogen-bond acceptors (Lipinski definition) is 5. The number of aromatic nitrogens is 3. The molecule has 0 saturated carbocycles. The highest BCUT2D eigenvalue weighted by atomic mass is 19.4. The highest BCUT2D eigenvalue weighted by Gasteiger charge is 2.30. The molecule has 0 spiro atoms. The van der Waals surface area contributed by atoms with Crippen LogP contribution in [0.3, 0.4) is 0 Å². The number of halogens is 3. The Morgan fingerprint density at radius 1 is 0.839 bits per heavy atom. The van der Waals surface area contributed by atoms with Gasteiger partial charge < -0.3 is 9.84 Å². The van der Waals surface area contributed by atoms with Crippen LogP contribution >= 0.6 is 0 Å². The standard InChI is InChI=1S/C23H18F3N3O2/c1-22(2,30)17-9-15-5-8-18(10-19(15)27-12-17)31-21-11-20(28-13-29-21)14-3-6-16(7-4-14)23(24,25)26/h3-13,30H,1-2H3. The Morgan fingerprint density at radius 3 is 2.26 bits per heavy atom. The molecule has 2 aromatic heterocycles. The van der Waals surface area contributed by atoms with Crippen LogP contribution in [0.5, 0.6) is 11.6 Å². The maximum absolute atomic E-state index is 12.8. The molecule has 0 aliphatic heterocycles. The summed E-state index contributed by atoms with van der Waals surface area (Å²) in [5, 5.41) is 11.0. The van der Waals surface area contributed by atoms with Gasteiger partial charge in [-0.15, -0.1) is 0 Å². The Bertz CT molecular complexity index is 1230. The second kappa shape index (κ2) is 7.63. The lowest BCUT2D eigenvalue weighted by molar-refractivity contribution is -0.137. The molecule has 0 radical (unpaired) electrons. The molecule has 0 unspecified atom stereocenters. The van der Waals surface area contributed by atoms with Gasteiger partial charge in [-0.1, -0.05) is 12.1 Å². The number of aliphatic hydroxyl groups is 1. The molecule has 4 rings (SSSR count). The molecule has 0 atom stereocenters. The number of rotatable bonds is 4. The maximum atomic E-state index is 12.8. The van der Waals surface area contributed by atoms with E-state index in [1.165, 1.54) is 18.5 Å². The number of fused-ring (bicyclic) bond motifs is 1. The minimum Gasteiger partial charge on any atom is -0.439 e. The van der Waals surface area contributed by atoms with E-state index in [1.807, 2.05) is 12.1 Å². The van der Waals surface area contributed by atoms with Crippen molar-refractivity contribution < 1.29 is 23.0 Å². The highest BCUT2D eigenvalue weighted by Crippen LogP contribution is 2.32. The molecule has 0 bridgehead atoms. The van der Waals surface area contributed by atoms with Gasteiger partial charge in [-0.2, -0.15) is 13.2 Å². The lowest BCUT2D eigenvalue weighted by Crippen LogP contribution is -2.15. The second-order valence-corrected chi connectivity index (χ2v) is 7.56. The summed E-state index contributed by atoms with van der Waals surface area (Å²) in [6, 6.07) is 13.5. The average Bonchev–Trinajstić information content (AvgIpc) is 2.72. The van der Waals surface area contributed by atoms with Crippen molar-refractivity contribution in [2.24, 2.45) is 0 Å². The first-order valence-corrected chi connectivity index (χ1v) is 9.40. The van der Waals surface area contributed by atoms with E-state index in [1.54, 1.807) is 38.2 Å². The van der Waals surface area contributed by atoms with Crippen LogP contribution in [0, 0.1) is 0 Å². The molecule has 5 nitrogen and oxygen atoms in total. The SMILES string of the molecule is CC(C)(O)c1cnc2cc(Oc3cc(-c4ccc(C(F)(F)F)cc4)ncn3)ccc2c1. The number of benzene rings is 2. The molecule has 4 aromatic rings. The lowest BCUT2D eigenvalue weighted by atomic mass is 9.99. The predicted octanol–water partition coefficient (Wildman–Crippen LogP) is 5.73. The Balaban J connectivity index is 1.58. The quantitative estimate of drug-likeness (QED) is 0.452. The summed E-state index contributed by atoms with van der Waals surface area (Å²) < 4.78 is 44.1. The van der Waals surface area contributed by atoms with Gasteiger partial charge in [0.05, 0.1) is 22.4 Å². The van der Waals surface area contributed by atoms with Crippen LogP contribution in [0.1, 0.15) is 25.0 Å². The molecule has 2 heterocycles.